The van der Waals surface area contributed by atoms with Crippen LogP contribution in [0.1, 0.15) is 18.4 Å². The number of hydrogen-bond donors (Lipinski definition) is 2. The molecule has 2 saturated heterocycles. The molecule has 30 heavy (non-hydrogen) atoms. The molecule has 156 valence electrons. The van der Waals surface area contributed by atoms with Gasteiger partial charge < -0.3 is 15.5 Å². The van der Waals surface area contributed by atoms with Crippen molar-refractivity contribution in [2.45, 2.75) is 31.5 Å². The number of piperidine rings is 1. The molecule has 2 N–H and O–H groups in total. The normalized spacial score (nSPS) is 21.4. The van der Waals surface area contributed by atoms with E-state index in [0.29, 0.717) is 23.7 Å². The number of pyridine rings is 1. The van der Waals surface area contributed by atoms with Crippen LogP contribution in [-0.2, 0) is 16.1 Å². The monoisotopic (exact) mass is 427 g/mol. The summed E-state index contributed by atoms with van der Waals surface area (Å²) in [7, 11) is 0. The first-order valence-corrected chi connectivity index (χ1v) is 10.2. The van der Waals surface area contributed by atoms with Gasteiger partial charge in [-0.1, -0.05) is 17.7 Å². The molecule has 2 atom stereocenters. The fourth-order valence-electron chi connectivity index (χ4n) is 3.91. The van der Waals surface area contributed by atoms with Crippen molar-refractivity contribution in [1.82, 2.24) is 20.1 Å². The Morgan fingerprint density at radius 2 is 2.03 bits per heavy atom. The van der Waals surface area contributed by atoms with Crippen LogP contribution in [0.2, 0.25) is 5.02 Å². The Morgan fingerprint density at radius 1 is 1.23 bits per heavy atom. The van der Waals surface area contributed by atoms with E-state index in [9.17, 15) is 14.4 Å². The number of fused-ring (bicyclic) bond motifs is 1. The third-order valence-electron chi connectivity index (χ3n) is 5.34. The summed E-state index contributed by atoms with van der Waals surface area (Å²) in [4.78, 5) is 45.6. The number of halogens is 1. The fourth-order valence-corrected chi connectivity index (χ4v) is 4.04. The lowest BCUT2D eigenvalue weighted by Gasteiger charge is -2.46. The lowest BCUT2D eigenvalue weighted by Crippen LogP contribution is -2.70. The molecule has 8 nitrogen and oxygen atoms in total. The highest BCUT2D eigenvalue weighted by molar-refractivity contribution is 6.30. The van der Waals surface area contributed by atoms with E-state index in [0.717, 1.165) is 12.0 Å². The lowest BCUT2D eigenvalue weighted by molar-refractivity contribution is -0.138. The molecule has 4 rings (SSSR count). The number of hydrogen-bond acceptors (Lipinski definition) is 5. The number of urea groups is 1. The quantitative estimate of drug-likeness (QED) is 0.763. The maximum atomic E-state index is 13.2. The fraction of sp³-hybridized carbons (Fsp3) is 0.333. The molecule has 9 heteroatoms. The molecular weight excluding hydrogens is 406 g/mol. The first-order chi connectivity index (χ1) is 14.5. The molecule has 4 amide bonds. The molecule has 1 aromatic heterocycles. The number of nitrogens with one attached hydrogen (secondary N) is 2. The summed E-state index contributed by atoms with van der Waals surface area (Å²) in [5, 5.41) is 6.57. The van der Waals surface area contributed by atoms with Gasteiger partial charge in [-0.25, -0.2) is 4.79 Å². The number of carbonyl (C=O) groups excluding carboxylic acids is 3. The number of nitrogens with zero attached hydrogens (tertiary/aromatic N) is 3. The first kappa shape index (κ1) is 20.3. The van der Waals surface area contributed by atoms with E-state index in [2.05, 4.69) is 15.6 Å². The van der Waals surface area contributed by atoms with Crippen molar-refractivity contribution in [3.63, 3.8) is 0 Å². The van der Waals surface area contributed by atoms with E-state index in [4.69, 9.17) is 11.6 Å². The maximum Gasteiger partial charge on any atom is 0.327 e. The minimum atomic E-state index is -0.517. The molecule has 2 aromatic rings. The van der Waals surface area contributed by atoms with Crippen molar-refractivity contribution in [3.05, 3.63) is 59.4 Å². The second-order valence-corrected chi connectivity index (χ2v) is 7.83. The predicted molar refractivity (Wildman–Crippen MR) is 112 cm³/mol. The Morgan fingerprint density at radius 3 is 2.77 bits per heavy atom. The molecule has 2 aliphatic rings. The number of benzene rings is 1. The molecule has 0 aliphatic carbocycles. The van der Waals surface area contributed by atoms with Gasteiger partial charge in [0.15, 0.2) is 0 Å². The summed E-state index contributed by atoms with van der Waals surface area (Å²) in [6.07, 6.45) is 4.76. The zero-order valence-corrected chi connectivity index (χ0v) is 17.0. The van der Waals surface area contributed by atoms with Crippen molar-refractivity contribution >= 4 is 35.1 Å². The van der Waals surface area contributed by atoms with E-state index in [1.165, 1.54) is 9.80 Å². The number of carbonyl (C=O) groups is 3. The Hall–Kier alpha value is -2.97. The Bertz CT molecular complexity index is 937. The van der Waals surface area contributed by atoms with Gasteiger partial charge in [0.1, 0.15) is 12.6 Å². The van der Waals surface area contributed by atoms with Crippen LogP contribution in [0.3, 0.4) is 0 Å². The second-order valence-electron chi connectivity index (χ2n) is 7.39. The van der Waals surface area contributed by atoms with Crippen molar-refractivity contribution in [3.8, 4) is 0 Å². The maximum absolute atomic E-state index is 13.2. The summed E-state index contributed by atoms with van der Waals surface area (Å²) < 4.78 is 0. The van der Waals surface area contributed by atoms with Crippen LogP contribution in [0.4, 0.5) is 10.5 Å². The van der Waals surface area contributed by atoms with Gasteiger partial charge in [0.05, 0.1) is 12.6 Å². The number of imide groups is 1. The molecule has 0 spiro atoms. The highest BCUT2D eigenvalue weighted by Crippen LogP contribution is 2.26. The average molecular weight is 428 g/mol. The summed E-state index contributed by atoms with van der Waals surface area (Å²) >= 11 is 5.88. The summed E-state index contributed by atoms with van der Waals surface area (Å²) in [6, 6.07) is 9.00. The Kier molecular flexibility index (Phi) is 5.96. The number of anilines is 1. The van der Waals surface area contributed by atoms with E-state index < -0.39 is 12.1 Å². The van der Waals surface area contributed by atoms with Gasteiger partial charge in [-0.3, -0.25) is 19.5 Å². The second kappa shape index (κ2) is 8.81. The molecule has 0 saturated carbocycles. The van der Waals surface area contributed by atoms with Crippen LogP contribution in [0.15, 0.2) is 48.8 Å². The molecule has 1 aromatic carbocycles. The zero-order chi connectivity index (χ0) is 21.1. The summed E-state index contributed by atoms with van der Waals surface area (Å²) in [5.74, 6) is -0.589. The van der Waals surface area contributed by atoms with E-state index in [-0.39, 0.29) is 30.9 Å². The molecular formula is C21H22ClN5O3. The topological polar surface area (TPSA) is 94.6 Å². The van der Waals surface area contributed by atoms with Gasteiger partial charge in [0, 0.05) is 23.1 Å². The van der Waals surface area contributed by atoms with Crippen LogP contribution in [-0.4, -0.2) is 57.8 Å². The van der Waals surface area contributed by atoms with Crippen molar-refractivity contribution in [2.75, 3.05) is 18.4 Å². The SMILES string of the molecule is O=C(CN1C(=O)N(Cc2cccnc2)C(=O)C2NCCCC21)Nc1ccc(Cl)cc1. The van der Waals surface area contributed by atoms with Crippen molar-refractivity contribution in [2.24, 2.45) is 0 Å². The van der Waals surface area contributed by atoms with Gasteiger partial charge >= 0.3 is 6.03 Å². The van der Waals surface area contributed by atoms with E-state index >= 15 is 0 Å². The minimum absolute atomic E-state index is 0.117. The summed E-state index contributed by atoms with van der Waals surface area (Å²) in [5.41, 5.74) is 1.34. The van der Waals surface area contributed by atoms with Crippen LogP contribution in [0.5, 0.6) is 0 Å². The smallest absolute Gasteiger partial charge is 0.325 e. The molecule has 2 unspecified atom stereocenters. The Labute approximate surface area is 179 Å². The number of aromatic nitrogens is 1. The van der Waals surface area contributed by atoms with Crippen LogP contribution < -0.4 is 10.6 Å². The minimum Gasteiger partial charge on any atom is -0.325 e. The van der Waals surface area contributed by atoms with Gasteiger partial charge in [-0.15, -0.1) is 0 Å². The van der Waals surface area contributed by atoms with Crippen molar-refractivity contribution in [1.29, 1.82) is 0 Å². The van der Waals surface area contributed by atoms with Gasteiger partial charge in [-0.2, -0.15) is 0 Å². The molecule has 3 heterocycles. The van der Waals surface area contributed by atoms with E-state index in [1.54, 1.807) is 42.7 Å². The Balaban J connectivity index is 1.53. The highest BCUT2D eigenvalue weighted by atomic mass is 35.5. The molecule has 2 fully saturated rings. The largest absolute Gasteiger partial charge is 0.327 e. The van der Waals surface area contributed by atoms with E-state index in [1.807, 2.05) is 6.07 Å². The van der Waals surface area contributed by atoms with Crippen LogP contribution >= 0.6 is 11.6 Å². The highest BCUT2D eigenvalue weighted by Gasteiger charge is 2.47. The third kappa shape index (κ3) is 4.29. The average Bonchev–Trinajstić information content (AvgIpc) is 2.76. The zero-order valence-electron chi connectivity index (χ0n) is 16.3. The van der Waals surface area contributed by atoms with Gasteiger partial charge in [-0.05, 0) is 55.3 Å². The van der Waals surface area contributed by atoms with Crippen LogP contribution in [0.25, 0.3) is 0 Å². The number of rotatable bonds is 5. The lowest BCUT2D eigenvalue weighted by atomic mass is 9.93. The van der Waals surface area contributed by atoms with Crippen LogP contribution in [0, 0.1) is 0 Å². The molecule has 0 radical (unpaired) electrons. The summed E-state index contributed by atoms with van der Waals surface area (Å²) in [6.45, 7) is 0.680. The first-order valence-electron chi connectivity index (χ1n) is 9.82. The molecule has 2 aliphatic heterocycles. The number of amides is 4. The predicted octanol–water partition coefficient (Wildman–Crippen LogP) is 2.26. The standard InChI is InChI=1S/C21H22ClN5O3/c22-15-5-7-16(8-6-15)25-18(28)13-26-17-4-2-10-24-19(17)20(29)27(21(26)30)12-14-3-1-9-23-11-14/h1,3,5-9,11,17,19,24H,2,4,10,12-13H2,(H,25,28). The van der Waals surface area contributed by atoms with Crippen molar-refractivity contribution < 1.29 is 14.4 Å². The third-order valence-corrected chi connectivity index (χ3v) is 5.59. The van der Waals surface area contributed by atoms with Gasteiger partial charge in [0.25, 0.3) is 0 Å². The molecule has 0 bridgehead atoms. The van der Waals surface area contributed by atoms with Gasteiger partial charge in [0.2, 0.25) is 11.8 Å².